The van der Waals surface area contributed by atoms with Crippen LogP contribution in [0.25, 0.3) is 0 Å². The molecule has 2 amide bonds. The van der Waals surface area contributed by atoms with Gasteiger partial charge in [0.15, 0.2) is 0 Å². The van der Waals surface area contributed by atoms with Crippen LogP contribution in [0.4, 0.5) is 0 Å². The molecule has 0 unspecified atom stereocenters. The number of nitriles is 1. The van der Waals surface area contributed by atoms with E-state index < -0.39 is 21.7 Å². The summed E-state index contributed by atoms with van der Waals surface area (Å²) in [5, 5.41) is 12.8. The fourth-order valence-corrected chi connectivity index (χ4v) is 2.98. The highest BCUT2D eigenvalue weighted by molar-refractivity contribution is 7.91. The lowest BCUT2D eigenvalue weighted by molar-refractivity contribution is -0.139. The molecular weight excluding hydrogens is 246 g/mol. The Bertz CT molecular complexity index is 437. The van der Waals surface area contributed by atoms with Crippen LogP contribution in [-0.2, 0) is 19.4 Å². The smallest absolute Gasteiger partial charge is 0.310 e. The number of amides is 2. The summed E-state index contributed by atoms with van der Waals surface area (Å²) in [7, 11) is -2.98. The maximum absolute atomic E-state index is 11.3. The molecule has 1 fully saturated rings. The molecule has 0 aromatic heterocycles. The number of nitrogens with one attached hydrogen (secondary N) is 2. The van der Waals surface area contributed by atoms with Crippen LogP contribution in [0.2, 0.25) is 0 Å². The summed E-state index contributed by atoms with van der Waals surface area (Å²) in [6.07, 6.45) is 0.638. The zero-order chi connectivity index (χ0) is 12.9. The van der Waals surface area contributed by atoms with Crippen molar-refractivity contribution in [1.82, 2.24) is 10.6 Å². The summed E-state index contributed by atoms with van der Waals surface area (Å²) in [5.74, 6) is -1.65. The van der Waals surface area contributed by atoms with Crippen LogP contribution >= 0.6 is 0 Å². The van der Waals surface area contributed by atoms with Gasteiger partial charge in [0.2, 0.25) is 0 Å². The highest BCUT2D eigenvalue weighted by atomic mass is 32.2. The monoisotopic (exact) mass is 259 g/mol. The van der Waals surface area contributed by atoms with Gasteiger partial charge >= 0.3 is 11.8 Å². The number of carbonyl (C=O) groups is 2. The molecule has 0 spiro atoms. The molecule has 17 heavy (non-hydrogen) atoms. The third-order valence-electron chi connectivity index (χ3n) is 2.42. The molecule has 0 aromatic carbocycles. The van der Waals surface area contributed by atoms with E-state index in [1.807, 2.05) is 0 Å². The Morgan fingerprint density at radius 3 is 2.35 bits per heavy atom. The van der Waals surface area contributed by atoms with Crippen molar-refractivity contribution in [2.75, 3.05) is 18.1 Å². The van der Waals surface area contributed by atoms with Crippen molar-refractivity contribution < 1.29 is 18.0 Å². The van der Waals surface area contributed by atoms with Crippen molar-refractivity contribution in [1.29, 1.82) is 5.26 Å². The van der Waals surface area contributed by atoms with Gasteiger partial charge in [-0.3, -0.25) is 9.59 Å². The van der Waals surface area contributed by atoms with Crippen molar-refractivity contribution in [2.45, 2.75) is 18.9 Å². The van der Waals surface area contributed by atoms with Gasteiger partial charge in [-0.05, 0) is 12.8 Å². The second kappa shape index (κ2) is 5.63. The van der Waals surface area contributed by atoms with E-state index in [-0.39, 0.29) is 24.1 Å². The first kappa shape index (κ1) is 13.4. The van der Waals surface area contributed by atoms with Gasteiger partial charge < -0.3 is 10.6 Å². The summed E-state index contributed by atoms with van der Waals surface area (Å²) >= 11 is 0. The van der Waals surface area contributed by atoms with E-state index in [0.717, 1.165) is 0 Å². The van der Waals surface area contributed by atoms with Crippen LogP contribution in [0, 0.1) is 11.3 Å². The Labute approximate surface area is 99.1 Å². The first-order chi connectivity index (χ1) is 7.94. The Morgan fingerprint density at radius 2 is 1.82 bits per heavy atom. The lowest BCUT2D eigenvalue weighted by Gasteiger charge is -2.22. The van der Waals surface area contributed by atoms with Gasteiger partial charge in [0.25, 0.3) is 0 Å². The largest absolute Gasteiger partial charge is 0.345 e. The molecule has 0 saturated carbocycles. The fourth-order valence-electron chi connectivity index (χ4n) is 1.49. The summed E-state index contributed by atoms with van der Waals surface area (Å²) in [6.45, 7) is -0.231. The highest BCUT2D eigenvalue weighted by Crippen LogP contribution is 2.11. The van der Waals surface area contributed by atoms with E-state index in [4.69, 9.17) is 5.26 Å². The minimum absolute atomic E-state index is 0.0256. The van der Waals surface area contributed by atoms with E-state index >= 15 is 0 Å². The third-order valence-corrected chi connectivity index (χ3v) is 4.14. The summed E-state index contributed by atoms with van der Waals surface area (Å²) in [4.78, 5) is 22.4. The number of hydrogen-bond acceptors (Lipinski definition) is 5. The van der Waals surface area contributed by atoms with E-state index in [1.165, 1.54) is 0 Å². The maximum atomic E-state index is 11.3. The lowest BCUT2D eigenvalue weighted by atomic mass is 10.1. The molecule has 0 bridgehead atoms. The van der Waals surface area contributed by atoms with Gasteiger partial charge in [-0.2, -0.15) is 5.26 Å². The van der Waals surface area contributed by atoms with Crippen LogP contribution < -0.4 is 10.6 Å². The maximum Gasteiger partial charge on any atom is 0.310 e. The summed E-state index contributed by atoms with van der Waals surface area (Å²) in [5.41, 5.74) is 0. The minimum atomic E-state index is -2.98. The number of nitrogens with zero attached hydrogens (tertiary/aromatic N) is 1. The second-order valence-electron chi connectivity index (χ2n) is 3.74. The first-order valence-corrected chi connectivity index (χ1v) is 6.93. The van der Waals surface area contributed by atoms with Crippen LogP contribution in [0.3, 0.4) is 0 Å². The average molecular weight is 259 g/mol. The van der Waals surface area contributed by atoms with Crippen molar-refractivity contribution in [3.8, 4) is 6.07 Å². The van der Waals surface area contributed by atoms with Gasteiger partial charge in [-0.15, -0.1) is 0 Å². The zero-order valence-electron chi connectivity index (χ0n) is 9.10. The predicted molar refractivity (Wildman–Crippen MR) is 58.4 cm³/mol. The topological polar surface area (TPSA) is 116 Å². The highest BCUT2D eigenvalue weighted by Gasteiger charge is 2.26. The van der Waals surface area contributed by atoms with Crippen molar-refractivity contribution in [2.24, 2.45) is 0 Å². The van der Waals surface area contributed by atoms with Crippen LogP contribution in [-0.4, -0.2) is 44.3 Å². The van der Waals surface area contributed by atoms with Gasteiger partial charge in [0.1, 0.15) is 16.4 Å². The number of carbonyl (C=O) groups excluding carboxylic acids is 2. The van der Waals surface area contributed by atoms with E-state index in [0.29, 0.717) is 12.8 Å². The average Bonchev–Trinajstić information content (AvgIpc) is 2.28. The lowest BCUT2D eigenvalue weighted by Crippen LogP contribution is -2.47. The van der Waals surface area contributed by atoms with Crippen molar-refractivity contribution in [3.05, 3.63) is 0 Å². The SMILES string of the molecule is N#CCNC(=O)C(=O)NC1CCS(=O)(=O)CC1. The molecule has 2 N–H and O–H groups in total. The standard InChI is InChI=1S/C9H13N3O4S/c10-3-4-11-8(13)9(14)12-7-1-5-17(15,16)6-2-7/h7H,1-2,4-6H2,(H,11,13)(H,12,14). The molecule has 1 saturated heterocycles. The summed E-state index contributed by atoms with van der Waals surface area (Å²) < 4.78 is 22.3. The zero-order valence-corrected chi connectivity index (χ0v) is 9.92. The Kier molecular flexibility index (Phi) is 4.45. The minimum Gasteiger partial charge on any atom is -0.345 e. The van der Waals surface area contributed by atoms with Crippen LogP contribution in [0.1, 0.15) is 12.8 Å². The molecule has 1 rings (SSSR count). The van der Waals surface area contributed by atoms with Gasteiger partial charge in [0, 0.05) is 6.04 Å². The summed E-state index contributed by atoms with van der Waals surface area (Å²) in [6, 6.07) is 1.38. The molecule has 7 nitrogen and oxygen atoms in total. The molecule has 0 radical (unpaired) electrons. The molecule has 0 aliphatic carbocycles. The molecular formula is C9H13N3O4S. The van der Waals surface area contributed by atoms with Crippen LogP contribution in [0.15, 0.2) is 0 Å². The van der Waals surface area contributed by atoms with E-state index in [9.17, 15) is 18.0 Å². The Hall–Kier alpha value is -1.62. The van der Waals surface area contributed by atoms with E-state index in [2.05, 4.69) is 10.6 Å². The van der Waals surface area contributed by atoms with Gasteiger partial charge in [-0.25, -0.2) is 8.42 Å². The molecule has 1 heterocycles. The van der Waals surface area contributed by atoms with E-state index in [1.54, 1.807) is 6.07 Å². The van der Waals surface area contributed by atoms with Crippen molar-refractivity contribution >= 4 is 21.7 Å². The number of sulfone groups is 1. The number of hydrogen-bond donors (Lipinski definition) is 2. The second-order valence-corrected chi connectivity index (χ2v) is 6.04. The molecule has 8 heteroatoms. The van der Waals surface area contributed by atoms with Gasteiger partial charge in [-0.1, -0.05) is 0 Å². The third kappa shape index (κ3) is 4.40. The molecule has 0 aromatic rings. The first-order valence-electron chi connectivity index (χ1n) is 5.10. The van der Waals surface area contributed by atoms with Crippen molar-refractivity contribution in [3.63, 3.8) is 0 Å². The molecule has 0 atom stereocenters. The van der Waals surface area contributed by atoms with Crippen LogP contribution in [0.5, 0.6) is 0 Å². The quantitative estimate of drug-likeness (QED) is 0.454. The molecule has 1 aliphatic rings. The fraction of sp³-hybridized carbons (Fsp3) is 0.667. The van der Waals surface area contributed by atoms with Gasteiger partial charge in [0.05, 0.1) is 17.6 Å². The normalized spacial score (nSPS) is 19.0. The Balaban J connectivity index is 2.38. The number of rotatable bonds is 2. The molecule has 94 valence electrons. The molecule has 1 aliphatic heterocycles. The Morgan fingerprint density at radius 1 is 1.24 bits per heavy atom. The predicted octanol–water partition coefficient (Wildman–Crippen LogP) is -1.68.